The topological polar surface area (TPSA) is 90.9 Å². The summed E-state index contributed by atoms with van der Waals surface area (Å²) in [5.74, 6) is -1.12. The average molecular weight is 245 g/mol. The zero-order valence-electron chi connectivity index (χ0n) is 9.94. The van der Waals surface area contributed by atoms with Crippen molar-refractivity contribution in [3.05, 3.63) is 0 Å². The quantitative estimate of drug-likeness (QED) is 0.583. The van der Waals surface area contributed by atoms with Gasteiger partial charge in [0.05, 0.1) is 0 Å². The van der Waals surface area contributed by atoms with Gasteiger partial charge < -0.3 is 15.3 Å². The fraction of sp³-hybridized carbons (Fsp3) is 0.800. The van der Waals surface area contributed by atoms with Gasteiger partial charge in [0.15, 0.2) is 6.61 Å². The van der Waals surface area contributed by atoms with E-state index in [1.165, 1.54) is 0 Å². The summed E-state index contributed by atoms with van der Waals surface area (Å²) < 4.78 is 0. The summed E-state index contributed by atoms with van der Waals surface area (Å²) in [6.07, 6.45) is 1.81. The minimum atomic E-state index is -1.12. The summed E-state index contributed by atoms with van der Waals surface area (Å²) in [5.41, 5.74) is 2.15. The van der Waals surface area contributed by atoms with Gasteiger partial charge in [0.25, 0.3) is 0 Å². The number of rotatable bonds is 5. The number of amides is 2. The first-order valence-electron chi connectivity index (χ1n) is 5.76. The molecule has 1 aliphatic rings. The van der Waals surface area contributed by atoms with E-state index in [0.29, 0.717) is 6.54 Å². The van der Waals surface area contributed by atoms with Crippen molar-refractivity contribution in [3.63, 3.8) is 0 Å². The van der Waals surface area contributed by atoms with Crippen molar-refractivity contribution in [2.75, 3.05) is 26.2 Å². The number of urea groups is 1. The van der Waals surface area contributed by atoms with Gasteiger partial charge in [0, 0.05) is 12.6 Å². The van der Waals surface area contributed by atoms with Crippen LogP contribution in [0.1, 0.15) is 19.8 Å². The number of nitrogens with zero attached hydrogens (tertiary/aromatic N) is 1. The molecule has 1 fully saturated rings. The van der Waals surface area contributed by atoms with Crippen LogP contribution in [0.5, 0.6) is 0 Å². The normalized spacial score (nSPS) is 16.5. The molecule has 7 heteroatoms. The van der Waals surface area contributed by atoms with E-state index in [2.05, 4.69) is 15.6 Å². The van der Waals surface area contributed by atoms with Crippen LogP contribution in [0.3, 0.4) is 0 Å². The fourth-order valence-corrected chi connectivity index (χ4v) is 1.90. The average Bonchev–Trinajstić information content (AvgIpc) is 2.31. The number of carboxylic acid groups (broad SMARTS) is 1. The molecule has 0 atom stereocenters. The second kappa shape index (κ2) is 7.08. The Morgan fingerprint density at radius 1 is 1.47 bits per heavy atom. The van der Waals surface area contributed by atoms with Gasteiger partial charge >= 0.3 is 12.0 Å². The Kier molecular flexibility index (Phi) is 5.71. The van der Waals surface area contributed by atoms with Gasteiger partial charge in [0.2, 0.25) is 0 Å². The van der Waals surface area contributed by atoms with Crippen molar-refractivity contribution < 1.29 is 19.5 Å². The lowest BCUT2D eigenvalue weighted by molar-refractivity contribution is -0.144. The maximum absolute atomic E-state index is 11.7. The summed E-state index contributed by atoms with van der Waals surface area (Å²) in [4.78, 5) is 28.2. The lowest BCUT2D eigenvalue weighted by Crippen LogP contribution is -2.50. The number of aliphatic carboxylic acids is 1. The van der Waals surface area contributed by atoms with Crippen molar-refractivity contribution >= 4 is 12.0 Å². The lowest BCUT2D eigenvalue weighted by Gasteiger charge is -2.33. The minimum absolute atomic E-state index is 0.190. The van der Waals surface area contributed by atoms with Gasteiger partial charge in [0.1, 0.15) is 0 Å². The summed E-state index contributed by atoms with van der Waals surface area (Å²) in [7, 11) is 0. The number of hydroxylamine groups is 1. The molecule has 3 N–H and O–H groups in total. The predicted molar refractivity (Wildman–Crippen MR) is 60.4 cm³/mol. The van der Waals surface area contributed by atoms with Gasteiger partial charge in [-0.25, -0.2) is 15.1 Å². The summed E-state index contributed by atoms with van der Waals surface area (Å²) >= 11 is 0. The number of nitrogens with one attached hydrogen (secondary N) is 2. The van der Waals surface area contributed by atoms with E-state index in [4.69, 9.17) is 5.11 Å². The van der Waals surface area contributed by atoms with E-state index < -0.39 is 12.6 Å². The van der Waals surface area contributed by atoms with Crippen molar-refractivity contribution in [2.24, 2.45) is 0 Å². The van der Waals surface area contributed by atoms with Gasteiger partial charge in [-0.2, -0.15) is 0 Å². The third-order valence-corrected chi connectivity index (χ3v) is 2.71. The number of carboxylic acids is 1. The van der Waals surface area contributed by atoms with E-state index in [9.17, 15) is 9.59 Å². The molecule has 0 aromatic carbocycles. The number of carbonyl (C=O) groups is 2. The second-order valence-electron chi connectivity index (χ2n) is 3.86. The van der Waals surface area contributed by atoms with Crippen molar-refractivity contribution in [1.82, 2.24) is 15.7 Å². The van der Waals surface area contributed by atoms with Crippen LogP contribution in [0, 0.1) is 0 Å². The summed E-state index contributed by atoms with van der Waals surface area (Å²) in [6, 6.07) is -0.185. The zero-order chi connectivity index (χ0) is 12.7. The lowest BCUT2D eigenvalue weighted by atomic mass is 10.1. The highest BCUT2D eigenvalue weighted by atomic mass is 16.7. The third kappa shape index (κ3) is 4.58. The molecule has 0 aromatic heterocycles. The van der Waals surface area contributed by atoms with Crippen LogP contribution >= 0.6 is 0 Å². The molecule has 1 heterocycles. The number of piperidine rings is 1. The van der Waals surface area contributed by atoms with Crippen molar-refractivity contribution in [3.8, 4) is 0 Å². The first kappa shape index (κ1) is 13.7. The third-order valence-electron chi connectivity index (χ3n) is 2.71. The molecular formula is C10H19N3O4. The standard InChI is InChI=1S/C10H19N3O4/c1-2-13(8-3-5-11-6-4-8)10(16)12-17-7-9(14)15/h8,11H,2-7H2,1H3,(H,12,16)(H,14,15). The van der Waals surface area contributed by atoms with Crippen LogP contribution in [0.15, 0.2) is 0 Å². The van der Waals surface area contributed by atoms with Crippen molar-refractivity contribution in [2.45, 2.75) is 25.8 Å². The Hall–Kier alpha value is -1.34. The first-order chi connectivity index (χ1) is 8.15. The van der Waals surface area contributed by atoms with Crippen LogP contribution in [0.4, 0.5) is 4.79 Å². The highest BCUT2D eigenvalue weighted by Crippen LogP contribution is 2.11. The second-order valence-corrected chi connectivity index (χ2v) is 3.86. The Bertz CT molecular complexity index is 266. The molecule has 0 unspecified atom stereocenters. The van der Waals surface area contributed by atoms with Crippen LogP contribution in [0.2, 0.25) is 0 Å². The van der Waals surface area contributed by atoms with Crippen LogP contribution < -0.4 is 10.8 Å². The van der Waals surface area contributed by atoms with E-state index in [1.807, 2.05) is 6.92 Å². The Morgan fingerprint density at radius 2 is 2.12 bits per heavy atom. The molecule has 1 saturated heterocycles. The monoisotopic (exact) mass is 245 g/mol. The molecule has 1 aliphatic heterocycles. The number of carbonyl (C=O) groups excluding carboxylic acids is 1. The summed E-state index contributed by atoms with van der Waals surface area (Å²) in [6.45, 7) is 3.72. The Morgan fingerprint density at radius 3 is 2.65 bits per heavy atom. The molecule has 0 aromatic rings. The first-order valence-corrected chi connectivity index (χ1v) is 5.76. The van der Waals surface area contributed by atoms with Crippen molar-refractivity contribution in [1.29, 1.82) is 0 Å². The highest BCUT2D eigenvalue weighted by Gasteiger charge is 2.24. The maximum atomic E-state index is 11.7. The van der Waals surface area contributed by atoms with E-state index in [1.54, 1.807) is 4.90 Å². The van der Waals surface area contributed by atoms with Gasteiger partial charge in [-0.1, -0.05) is 0 Å². The Labute approximate surface area is 100 Å². The number of hydrogen-bond donors (Lipinski definition) is 3. The van der Waals surface area contributed by atoms with Crippen LogP contribution in [-0.2, 0) is 9.63 Å². The largest absolute Gasteiger partial charge is 0.479 e. The SMILES string of the molecule is CCN(C(=O)NOCC(=O)O)C1CCNCC1. The smallest absolute Gasteiger partial charge is 0.341 e. The molecule has 1 rings (SSSR count). The van der Waals surface area contributed by atoms with Gasteiger partial charge in [-0.05, 0) is 32.9 Å². The fourth-order valence-electron chi connectivity index (χ4n) is 1.90. The molecular weight excluding hydrogens is 226 g/mol. The molecule has 2 amide bonds. The molecule has 0 radical (unpaired) electrons. The molecule has 98 valence electrons. The predicted octanol–water partition coefficient (Wildman–Crippen LogP) is -0.214. The zero-order valence-corrected chi connectivity index (χ0v) is 9.94. The molecule has 7 nitrogen and oxygen atoms in total. The number of hydrogen-bond acceptors (Lipinski definition) is 4. The summed E-state index contributed by atoms with van der Waals surface area (Å²) in [5, 5.41) is 11.6. The molecule has 17 heavy (non-hydrogen) atoms. The molecule has 0 bridgehead atoms. The van der Waals surface area contributed by atoms with Crippen LogP contribution in [-0.4, -0.2) is 54.3 Å². The van der Waals surface area contributed by atoms with E-state index >= 15 is 0 Å². The Balaban J connectivity index is 2.37. The maximum Gasteiger partial charge on any atom is 0.341 e. The van der Waals surface area contributed by atoms with Gasteiger partial charge in [-0.15, -0.1) is 0 Å². The van der Waals surface area contributed by atoms with Crippen LogP contribution in [0.25, 0.3) is 0 Å². The molecule has 0 saturated carbocycles. The van der Waals surface area contributed by atoms with E-state index in [-0.39, 0.29) is 12.1 Å². The molecule has 0 spiro atoms. The minimum Gasteiger partial charge on any atom is -0.479 e. The molecule has 0 aliphatic carbocycles. The van der Waals surface area contributed by atoms with Gasteiger partial charge in [-0.3, -0.25) is 4.84 Å². The highest BCUT2D eigenvalue weighted by molar-refractivity contribution is 5.74. The van der Waals surface area contributed by atoms with E-state index in [0.717, 1.165) is 25.9 Å².